The summed E-state index contributed by atoms with van der Waals surface area (Å²) in [6.07, 6.45) is 3.36. The lowest BCUT2D eigenvalue weighted by atomic mass is 10.2. The summed E-state index contributed by atoms with van der Waals surface area (Å²) in [5.74, 6) is 0.791. The molecule has 25 heavy (non-hydrogen) atoms. The van der Waals surface area contributed by atoms with Gasteiger partial charge in [-0.15, -0.1) is 24.0 Å². The Kier molecular flexibility index (Phi) is 10.8. The molecule has 1 aromatic rings. The maximum Gasteiger partial charge on any atom is 0.193 e. The number of piperazine rings is 1. The molecule has 1 aromatic carbocycles. The topological polar surface area (TPSA) is 40.1 Å². The number of anilines is 1. The molecule has 0 amide bonds. The number of halogens is 2. The smallest absolute Gasteiger partial charge is 0.193 e. The summed E-state index contributed by atoms with van der Waals surface area (Å²) in [6.45, 7) is 5.04. The van der Waals surface area contributed by atoms with E-state index in [4.69, 9.17) is 4.74 Å². The van der Waals surface area contributed by atoms with Crippen LogP contribution in [0.5, 0.6) is 0 Å². The minimum atomic E-state index is -0.149. The quantitative estimate of drug-likeness (QED) is 0.292. The highest BCUT2D eigenvalue weighted by molar-refractivity contribution is 14.0. The number of rotatable bonds is 7. The van der Waals surface area contributed by atoms with Crippen molar-refractivity contribution in [2.75, 3.05) is 58.4 Å². The summed E-state index contributed by atoms with van der Waals surface area (Å²) >= 11 is 0. The molecule has 7 heteroatoms. The van der Waals surface area contributed by atoms with Crippen LogP contribution in [0.3, 0.4) is 0 Å². The number of unbranched alkanes of at least 4 members (excludes halogenated alkanes) is 2. The van der Waals surface area contributed by atoms with Gasteiger partial charge in [-0.05, 0) is 31.4 Å². The van der Waals surface area contributed by atoms with Gasteiger partial charge in [-0.1, -0.05) is 12.1 Å². The Morgan fingerprint density at radius 2 is 1.88 bits per heavy atom. The van der Waals surface area contributed by atoms with E-state index in [2.05, 4.69) is 20.1 Å². The number of methoxy groups -OCH3 is 1. The molecular weight excluding hydrogens is 434 g/mol. The Morgan fingerprint density at radius 1 is 1.16 bits per heavy atom. The van der Waals surface area contributed by atoms with Gasteiger partial charge in [0.2, 0.25) is 0 Å². The number of benzene rings is 1. The molecule has 0 bridgehead atoms. The summed E-state index contributed by atoms with van der Waals surface area (Å²) in [5.41, 5.74) is 0.693. The monoisotopic (exact) mass is 464 g/mol. The van der Waals surface area contributed by atoms with E-state index in [0.717, 1.165) is 64.6 Å². The van der Waals surface area contributed by atoms with E-state index in [1.165, 1.54) is 6.07 Å². The molecule has 5 nitrogen and oxygen atoms in total. The van der Waals surface area contributed by atoms with Crippen molar-refractivity contribution in [3.63, 3.8) is 0 Å². The molecule has 0 aromatic heterocycles. The number of aliphatic imine (C=N–C) groups is 1. The van der Waals surface area contributed by atoms with Gasteiger partial charge in [0.1, 0.15) is 5.82 Å². The normalized spacial score (nSPS) is 15.1. The van der Waals surface area contributed by atoms with Crippen molar-refractivity contribution in [3.05, 3.63) is 30.1 Å². The highest BCUT2D eigenvalue weighted by Crippen LogP contribution is 2.20. The fourth-order valence-electron chi connectivity index (χ4n) is 2.95. The van der Waals surface area contributed by atoms with E-state index in [1.807, 2.05) is 19.2 Å². The van der Waals surface area contributed by atoms with E-state index < -0.39 is 0 Å². The van der Waals surface area contributed by atoms with Gasteiger partial charge in [0.15, 0.2) is 5.96 Å². The lowest BCUT2D eigenvalue weighted by Gasteiger charge is -2.37. The minimum Gasteiger partial charge on any atom is -0.385 e. The third-order valence-electron chi connectivity index (χ3n) is 4.29. The van der Waals surface area contributed by atoms with E-state index in [1.54, 1.807) is 13.2 Å². The molecule has 1 saturated heterocycles. The molecule has 1 fully saturated rings. The van der Waals surface area contributed by atoms with E-state index in [0.29, 0.717) is 5.69 Å². The summed E-state index contributed by atoms with van der Waals surface area (Å²) in [5, 5.41) is 3.42. The maximum atomic E-state index is 13.9. The van der Waals surface area contributed by atoms with Gasteiger partial charge >= 0.3 is 0 Å². The molecular formula is C18H30FIN4O. The van der Waals surface area contributed by atoms with Crippen molar-refractivity contribution < 1.29 is 9.13 Å². The molecule has 1 heterocycles. The predicted octanol–water partition coefficient (Wildman–Crippen LogP) is 2.96. The van der Waals surface area contributed by atoms with E-state index in [-0.39, 0.29) is 29.8 Å². The molecule has 142 valence electrons. The van der Waals surface area contributed by atoms with Crippen molar-refractivity contribution in [2.24, 2.45) is 4.99 Å². The highest BCUT2D eigenvalue weighted by atomic mass is 127. The average Bonchev–Trinajstić information content (AvgIpc) is 2.62. The number of ether oxygens (including phenoxy) is 1. The van der Waals surface area contributed by atoms with E-state index >= 15 is 0 Å². The second-order valence-corrected chi connectivity index (χ2v) is 5.95. The molecule has 2 rings (SSSR count). The van der Waals surface area contributed by atoms with Gasteiger partial charge < -0.3 is 19.9 Å². The van der Waals surface area contributed by atoms with Crippen LogP contribution in [-0.4, -0.2) is 64.3 Å². The van der Waals surface area contributed by atoms with Crippen LogP contribution >= 0.6 is 24.0 Å². The lowest BCUT2D eigenvalue weighted by molar-refractivity contribution is 0.192. The van der Waals surface area contributed by atoms with Gasteiger partial charge in [-0.3, -0.25) is 4.99 Å². The van der Waals surface area contributed by atoms with Crippen molar-refractivity contribution >= 4 is 35.6 Å². The van der Waals surface area contributed by atoms with Gasteiger partial charge in [0.25, 0.3) is 0 Å². The lowest BCUT2D eigenvalue weighted by Crippen LogP contribution is -2.52. The zero-order valence-electron chi connectivity index (χ0n) is 15.2. The van der Waals surface area contributed by atoms with Gasteiger partial charge in [0, 0.05) is 53.5 Å². The molecule has 1 N–H and O–H groups in total. The van der Waals surface area contributed by atoms with Crippen molar-refractivity contribution in [2.45, 2.75) is 19.3 Å². The zero-order chi connectivity index (χ0) is 17.2. The molecule has 0 radical (unpaired) electrons. The molecule has 1 aliphatic heterocycles. The Morgan fingerprint density at radius 3 is 2.52 bits per heavy atom. The third-order valence-corrected chi connectivity index (χ3v) is 4.29. The van der Waals surface area contributed by atoms with Crippen LogP contribution in [0, 0.1) is 5.82 Å². The van der Waals surface area contributed by atoms with Crippen LogP contribution in [0.15, 0.2) is 29.3 Å². The number of nitrogens with zero attached hydrogens (tertiary/aromatic N) is 3. The maximum absolute atomic E-state index is 13.9. The first-order chi connectivity index (χ1) is 11.8. The van der Waals surface area contributed by atoms with E-state index in [9.17, 15) is 4.39 Å². The van der Waals surface area contributed by atoms with Gasteiger partial charge in [-0.2, -0.15) is 0 Å². The molecule has 1 aliphatic rings. The van der Waals surface area contributed by atoms with Gasteiger partial charge in [-0.25, -0.2) is 4.39 Å². The summed E-state index contributed by atoms with van der Waals surface area (Å²) < 4.78 is 18.9. The second kappa shape index (κ2) is 12.3. The van der Waals surface area contributed by atoms with Gasteiger partial charge in [0.05, 0.1) is 5.69 Å². The van der Waals surface area contributed by atoms with Crippen LogP contribution in [0.25, 0.3) is 0 Å². The average molecular weight is 464 g/mol. The highest BCUT2D eigenvalue weighted by Gasteiger charge is 2.21. The number of guanidine groups is 1. The summed E-state index contributed by atoms with van der Waals surface area (Å²) in [4.78, 5) is 8.72. The molecule has 0 spiro atoms. The van der Waals surface area contributed by atoms with Crippen LogP contribution in [0.1, 0.15) is 19.3 Å². The van der Waals surface area contributed by atoms with Crippen LogP contribution in [0.4, 0.5) is 10.1 Å². The Hall–Kier alpha value is -1.09. The number of para-hydroxylation sites is 1. The largest absolute Gasteiger partial charge is 0.385 e. The molecule has 0 saturated carbocycles. The van der Waals surface area contributed by atoms with Crippen LogP contribution < -0.4 is 10.2 Å². The Bertz CT molecular complexity index is 522. The number of hydrogen-bond donors (Lipinski definition) is 1. The van der Waals surface area contributed by atoms with Crippen molar-refractivity contribution in [1.29, 1.82) is 0 Å². The minimum absolute atomic E-state index is 0. The number of nitrogens with one attached hydrogen (secondary N) is 1. The Labute approximate surface area is 167 Å². The van der Waals surface area contributed by atoms with Crippen molar-refractivity contribution in [1.82, 2.24) is 10.2 Å². The first-order valence-electron chi connectivity index (χ1n) is 8.70. The molecule has 0 aliphatic carbocycles. The van der Waals surface area contributed by atoms with Crippen molar-refractivity contribution in [3.8, 4) is 0 Å². The second-order valence-electron chi connectivity index (χ2n) is 5.95. The predicted molar refractivity (Wildman–Crippen MR) is 113 cm³/mol. The van der Waals surface area contributed by atoms with Crippen LogP contribution in [-0.2, 0) is 4.74 Å². The SMILES string of the molecule is CN=C(NCCCCCOC)N1CCN(c2ccccc2F)CC1.I. The first kappa shape index (κ1) is 22.0. The Balaban J connectivity index is 0.00000312. The molecule has 0 unspecified atom stereocenters. The fourth-order valence-corrected chi connectivity index (χ4v) is 2.95. The third kappa shape index (κ3) is 6.97. The number of hydrogen-bond acceptors (Lipinski definition) is 3. The molecule has 0 atom stereocenters. The summed E-state index contributed by atoms with van der Waals surface area (Å²) in [7, 11) is 3.55. The fraction of sp³-hybridized carbons (Fsp3) is 0.611. The van der Waals surface area contributed by atoms with Crippen LogP contribution in [0.2, 0.25) is 0 Å². The first-order valence-corrected chi connectivity index (χ1v) is 8.70. The standard InChI is InChI=1S/C18H29FN4O.HI/c1-20-18(21-10-6-3-7-15-24-2)23-13-11-22(12-14-23)17-9-5-4-8-16(17)19;/h4-5,8-9H,3,6-7,10-15H2,1-2H3,(H,20,21);1H. The summed E-state index contributed by atoms with van der Waals surface area (Å²) in [6, 6.07) is 6.98. The zero-order valence-corrected chi connectivity index (χ0v) is 17.5.